The second kappa shape index (κ2) is 8.71. The fourth-order valence-electron chi connectivity index (χ4n) is 8.00. The lowest BCUT2D eigenvalue weighted by molar-refractivity contribution is -0.146. The predicted octanol–water partition coefficient (Wildman–Crippen LogP) is 5.18. The molecule has 4 saturated carbocycles. The number of nitrogens with zero attached hydrogens (tertiary/aromatic N) is 2. The van der Waals surface area contributed by atoms with Gasteiger partial charge in [-0.15, -0.1) is 0 Å². The Kier molecular flexibility index (Phi) is 5.68. The van der Waals surface area contributed by atoms with Crippen LogP contribution in [0.2, 0.25) is 0 Å². The topological polar surface area (TPSA) is 35.6 Å². The predicted molar refractivity (Wildman–Crippen MR) is 138 cm³/mol. The van der Waals surface area contributed by atoms with Crippen LogP contribution in [0.5, 0.6) is 0 Å². The molecule has 5 aliphatic rings. The molecule has 2 aromatic carbocycles. The molecule has 1 amide bonds. The summed E-state index contributed by atoms with van der Waals surface area (Å²) in [6, 6.07) is 18.0. The lowest BCUT2D eigenvalue weighted by Crippen LogP contribution is -2.54. The number of anilines is 1. The van der Waals surface area contributed by atoms with Gasteiger partial charge in [0.15, 0.2) is 0 Å². The number of benzene rings is 2. The summed E-state index contributed by atoms with van der Waals surface area (Å²) >= 11 is 0. The summed E-state index contributed by atoms with van der Waals surface area (Å²) in [4.78, 5) is 18.4. The zero-order valence-corrected chi connectivity index (χ0v) is 20.8. The van der Waals surface area contributed by atoms with E-state index in [1.165, 1.54) is 41.6 Å². The van der Waals surface area contributed by atoms with Gasteiger partial charge in [0.05, 0.1) is 6.04 Å². The van der Waals surface area contributed by atoms with Gasteiger partial charge < -0.3 is 10.2 Å². The molecule has 4 fully saturated rings. The number of rotatable bonds is 6. The van der Waals surface area contributed by atoms with Crippen LogP contribution in [0, 0.1) is 23.2 Å². The molecule has 1 atom stereocenters. The summed E-state index contributed by atoms with van der Waals surface area (Å²) in [5.41, 5.74) is 5.33. The molecule has 0 saturated heterocycles. The average Bonchev–Trinajstić information content (AvgIpc) is 2.83. The van der Waals surface area contributed by atoms with Crippen molar-refractivity contribution in [2.45, 2.75) is 57.5 Å². The van der Waals surface area contributed by atoms with E-state index < -0.39 is 0 Å². The standard InChI is InChI=1S/C30H39N3O/c1-32(2)27-9-7-25(8-10-27)28(33-12-11-24-5-3-4-6-26(24)20-33)19-31-29(34)30-16-21-13-22(17-30)15-23(14-21)18-30/h3-10,21-23,28H,11-20H2,1-2H3,(H,31,34). The number of amides is 1. The Morgan fingerprint density at radius 3 is 2.21 bits per heavy atom. The molecular formula is C30H39N3O. The molecule has 4 nitrogen and oxygen atoms in total. The number of carbonyl (C=O) groups excluding carboxylic acids is 1. The van der Waals surface area contributed by atoms with E-state index in [9.17, 15) is 4.79 Å². The second-order valence-electron chi connectivity index (χ2n) is 11.9. The summed E-state index contributed by atoms with van der Waals surface area (Å²) in [6.45, 7) is 2.68. The number of fused-ring (bicyclic) bond motifs is 1. The van der Waals surface area contributed by atoms with E-state index in [1.807, 2.05) is 0 Å². The van der Waals surface area contributed by atoms with Crippen molar-refractivity contribution >= 4 is 11.6 Å². The maximum atomic E-state index is 13.7. The van der Waals surface area contributed by atoms with Gasteiger partial charge in [0.25, 0.3) is 0 Å². The maximum absolute atomic E-state index is 13.7. The smallest absolute Gasteiger partial charge is 0.226 e. The van der Waals surface area contributed by atoms with Crippen molar-refractivity contribution in [2.24, 2.45) is 23.2 Å². The van der Waals surface area contributed by atoms with Crippen LogP contribution in [0.3, 0.4) is 0 Å². The molecule has 4 bridgehead atoms. The van der Waals surface area contributed by atoms with E-state index in [2.05, 4.69) is 77.7 Å². The van der Waals surface area contributed by atoms with Crippen molar-refractivity contribution in [3.8, 4) is 0 Å². The van der Waals surface area contributed by atoms with Gasteiger partial charge in [-0.25, -0.2) is 0 Å². The van der Waals surface area contributed by atoms with Crippen LogP contribution in [0.25, 0.3) is 0 Å². The van der Waals surface area contributed by atoms with E-state index in [0.717, 1.165) is 56.5 Å². The Labute approximate surface area is 204 Å². The molecular weight excluding hydrogens is 418 g/mol. The van der Waals surface area contributed by atoms with Crippen LogP contribution in [-0.2, 0) is 17.8 Å². The van der Waals surface area contributed by atoms with E-state index in [4.69, 9.17) is 0 Å². The van der Waals surface area contributed by atoms with Crippen LogP contribution < -0.4 is 10.2 Å². The molecule has 0 aromatic heterocycles. The van der Waals surface area contributed by atoms with Gasteiger partial charge in [-0.05, 0) is 91.5 Å². The monoisotopic (exact) mass is 457 g/mol. The van der Waals surface area contributed by atoms with Crippen molar-refractivity contribution in [1.82, 2.24) is 10.2 Å². The number of hydrogen-bond donors (Lipinski definition) is 1. The van der Waals surface area contributed by atoms with E-state index in [-0.39, 0.29) is 11.5 Å². The van der Waals surface area contributed by atoms with Gasteiger partial charge >= 0.3 is 0 Å². The highest BCUT2D eigenvalue weighted by molar-refractivity contribution is 5.83. The highest BCUT2D eigenvalue weighted by atomic mass is 16.2. The first-order valence-electron chi connectivity index (χ1n) is 13.4. The Morgan fingerprint density at radius 1 is 0.971 bits per heavy atom. The van der Waals surface area contributed by atoms with E-state index in [1.54, 1.807) is 0 Å². The SMILES string of the molecule is CN(C)c1ccc(C(CNC(=O)C23CC4CC(CC(C4)C2)C3)N2CCc3ccccc3C2)cc1. The Balaban J connectivity index is 1.22. The van der Waals surface area contributed by atoms with Crippen LogP contribution in [0.15, 0.2) is 48.5 Å². The van der Waals surface area contributed by atoms with Gasteiger partial charge in [0.1, 0.15) is 0 Å². The van der Waals surface area contributed by atoms with Gasteiger partial charge in [-0.2, -0.15) is 0 Å². The number of carbonyl (C=O) groups is 1. The fourth-order valence-corrected chi connectivity index (χ4v) is 8.00. The van der Waals surface area contributed by atoms with Crippen molar-refractivity contribution in [2.75, 3.05) is 32.1 Å². The lowest BCUT2D eigenvalue weighted by Gasteiger charge is -2.55. The van der Waals surface area contributed by atoms with Crippen molar-refractivity contribution in [3.05, 3.63) is 65.2 Å². The van der Waals surface area contributed by atoms with Gasteiger partial charge in [0, 0.05) is 44.8 Å². The Hall–Kier alpha value is -2.33. The lowest BCUT2D eigenvalue weighted by atomic mass is 9.49. The molecule has 1 aliphatic heterocycles. The zero-order valence-electron chi connectivity index (χ0n) is 20.8. The van der Waals surface area contributed by atoms with E-state index >= 15 is 0 Å². The highest BCUT2D eigenvalue weighted by Gasteiger charge is 2.54. The molecule has 4 aliphatic carbocycles. The van der Waals surface area contributed by atoms with Crippen LogP contribution in [0.4, 0.5) is 5.69 Å². The normalized spacial score (nSPS) is 30.6. The molecule has 1 unspecified atom stereocenters. The molecule has 7 rings (SSSR count). The molecule has 0 radical (unpaired) electrons. The molecule has 34 heavy (non-hydrogen) atoms. The Morgan fingerprint density at radius 2 is 1.59 bits per heavy atom. The van der Waals surface area contributed by atoms with E-state index in [0.29, 0.717) is 12.5 Å². The van der Waals surface area contributed by atoms with Crippen LogP contribution in [0.1, 0.15) is 61.3 Å². The van der Waals surface area contributed by atoms with Crippen molar-refractivity contribution in [3.63, 3.8) is 0 Å². The summed E-state index contributed by atoms with van der Waals surface area (Å²) in [5.74, 6) is 2.74. The first-order valence-corrected chi connectivity index (χ1v) is 13.4. The zero-order chi connectivity index (χ0) is 23.3. The third-order valence-electron chi connectivity index (χ3n) is 9.37. The summed E-state index contributed by atoms with van der Waals surface area (Å²) in [6.07, 6.45) is 8.59. The van der Waals surface area contributed by atoms with Crippen molar-refractivity contribution < 1.29 is 4.79 Å². The largest absolute Gasteiger partial charge is 0.378 e. The van der Waals surface area contributed by atoms with Gasteiger partial charge in [-0.3, -0.25) is 9.69 Å². The minimum Gasteiger partial charge on any atom is -0.378 e. The summed E-state index contributed by atoms with van der Waals surface area (Å²) in [5, 5.41) is 3.51. The summed E-state index contributed by atoms with van der Waals surface area (Å²) in [7, 11) is 4.17. The second-order valence-corrected chi connectivity index (χ2v) is 11.9. The van der Waals surface area contributed by atoms with Gasteiger partial charge in [0.2, 0.25) is 5.91 Å². The third-order valence-corrected chi connectivity index (χ3v) is 9.37. The fraction of sp³-hybridized carbons (Fsp3) is 0.567. The van der Waals surface area contributed by atoms with Gasteiger partial charge in [-0.1, -0.05) is 36.4 Å². The molecule has 1 heterocycles. The molecule has 2 aromatic rings. The molecule has 180 valence electrons. The van der Waals surface area contributed by atoms with Crippen LogP contribution in [-0.4, -0.2) is 38.0 Å². The van der Waals surface area contributed by atoms with Crippen LogP contribution >= 0.6 is 0 Å². The minimum absolute atomic E-state index is 0.0808. The molecule has 0 spiro atoms. The molecule has 1 N–H and O–H groups in total. The summed E-state index contributed by atoms with van der Waals surface area (Å²) < 4.78 is 0. The minimum atomic E-state index is -0.0808. The number of nitrogens with one attached hydrogen (secondary N) is 1. The molecule has 4 heteroatoms. The highest BCUT2D eigenvalue weighted by Crippen LogP contribution is 2.60. The number of hydrogen-bond acceptors (Lipinski definition) is 3. The average molecular weight is 458 g/mol. The maximum Gasteiger partial charge on any atom is 0.226 e. The van der Waals surface area contributed by atoms with Crippen molar-refractivity contribution in [1.29, 1.82) is 0 Å². The Bertz CT molecular complexity index is 1010. The quantitative estimate of drug-likeness (QED) is 0.649. The first-order chi connectivity index (χ1) is 16.5. The third kappa shape index (κ3) is 4.04. The first kappa shape index (κ1) is 22.2.